The molecule has 2 aromatic heterocycles. The second-order valence-corrected chi connectivity index (χ2v) is 2.84. The predicted molar refractivity (Wildman–Crippen MR) is 47.9 cm³/mol. The molecule has 0 aliphatic heterocycles. The lowest BCUT2D eigenvalue weighted by Gasteiger charge is -1.98. The molecule has 68 valence electrons. The van der Waals surface area contributed by atoms with Crippen molar-refractivity contribution in [2.24, 2.45) is 7.05 Å². The zero-order chi connectivity index (χ0) is 9.26. The van der Waals surface area contributed by atoms with Gasteiger partial charge >= 0.3 is 0 Å². The van der Waals surface area contributed by atoms with Crippen molar-refractivity contribution in [2.75, 3.05) is 0 Å². The summed E-state index contributed by atoms with van der Waals surface area (Å²) in [6.45, 7) is 2.93. The van der Waals surface area contributed by atoms with Crippen molar-refractivity contribution in [3.63, 3.8) is 0 Å². The number of aromatic nitrogens is 5. The summed E-state index contributed by atoms with van der Waals surface area (Å²) in [4.78, 5) is 0. The van der Waals surface area contributed by atoms with E-state index in [1.54, 1.807) is 17.2 Å². The van der Waals surface area contributed by atoms with Gasteiger partial charge in [-0.15, -0.1) is 10.2 Å². The van der Waals surface area contributed by atoms with Gasteiger partial charge in [-0.1, -0.05) is 0 Å². The zero-order valence-corrected chi connectivity index (χ0v) is 7.68. The molecule has 0 bridgehead atoms. The topological polar surface area (TPSA) is 48.5 Å². The molecule has 0 saturated heterocycles. The lowest BCUT2D eigenvalue weighted by Crippen LogP contribution is -1.94. The Morgan fingerprint density at radius 3 is 2.92 bits per heavy atom. The van der Waals surface area contributed by atoms with Gasteiger partial charge in [0.1, 0.15) is 6.33 Å². The fourth-order valence-electron chi connectivity index (χ4n) is 1.25. The lowest BCUT2D eigenvalue weighted by molar-refractivity contribution is 0.762. The second-order valence-electron chi connectivity index (χ2n) is 2.84. The molecule has 0 fully saturated rings. The molecule has 0 unspecified atom stereocenters. The highest BCUT2D eigenvalue weighted by molar-refractivity contribution is 5.51. The minimum atomic E-state index is 0.871. The molecule has 0 N–H and O–H groups in total. The summed E-state index contributed by atoms with van der Waals surface area (Å²) < 4.78 is 3.74. The van der Waals surface area contributed by atoms with Crippen molar-refractivity contribution >= 4 is 0 Å². The summed E-state index contributed by atoms with van der Waals surface area (Å²) in [5.74, 6) is 0.871. The third-order valence-corrected chi connectivity index (χ3v) is 1.92. The minimum absolute atomic E-state index is 0.871. The monoisotopic (exact) mass is 177 g/mol. The van der Waals surface area contributed by atoms with Crippen LogP contribution in [0.4, 0.5) is 0 Å². The molecular formula is C8H11N5. The largest absolute Gasteiger partial charge is 0.314 e. The van der Waals surface area contributed by atoms with E-state index in [2.05, 4.69) is 22.2 Å². The Morgan fingerprint density at radius 2 is 2.31 bits per heavy atom. The third kappa shape index (κ3) is 1.32. The maximum atomic E-state index is 4.08. The van der Waals surface area contributed by atoms with E-state index >= 15 is 0 Å². The van der Waals surface area contributed by atoms with E-state index in [1.165, 1.54) is 0 Å². The van der Waals surface area contributed by atoms with Crippen LogP contribution in [0.2, 0.25) is 0 Å². The molecule has 2 rings (SSSR count). The van der Waals surface area contributed by atoms with Gasteiger partial charge in [0.25, 0.3) is 0 Å². The standard InChI is InChI=1S/C8H11N5/c1-3-13-6-9-11-8(13)7-4-10-12(2)5-7/h4-6H,3H2,1-2H3. The number of aryl methyl sites for hydroxylation is 2. The molecule has 0 amide bonds. The molecule has 0 atom stereocenters. The van der Waals surface area contributed by atoms with E-state index in [0.29, 0.717) is 0 Å². The van der Waals surface area contributed by atoms with Crippen molar-refractivity contribution in [2.45, 2.75) is 13.5 Å². The van der Waals surface area contributed by atoms with Crippen LogP contribution in [-0.2, 0) is 13.6 Å². The molecule has 0 aliphatic carbocycles. The Kier molecular flexibility index (Phi) is 1.84. The first kappa shape index (κ1) is 7.97. The summed E-state index contributed by atoms with van der Waals surface area (Å²) in [6, 6.07) is 0. The Hall–Kier alpha value is -1.65. The zero-order valence-electron chi connectivity index (χ0n) is 7.68. The molecule has 0 aromatic carbocycles. The first-order valence-corrected chi connectivity index (χ1v) is 4.18. The Bertz CT molecular complexity index is 400. The molecule has 2 aromatic rings. The lowest BCUT2D eigenvalue weighted by atomic mass is 10.3. The smallest absolute Gasteiger partial charge is 0.166 e. The summed E-state index contributed by atoms with van der Waals surface area (Å²) in [6.07, 6.45) is 5.44. The molecule has 0 spiro atoms. The quantitative estimate of drug-likeness (QED) is 0.678. The fourth-order valence-corrected chi connectivity index (χ4v) is 1.25. The van der Waals surface area contributed by atoms with Crippen LogP contribution in [0.5, 0.6) is 0 Å². The van der Waals surface area contributed by atoms with Crippen LogP contribution in [0.15, 0.2) is 18.7 Å². The van der Waals surface area contributed by atoms with E-state index in [9.17, 15) is 0 Å². The molecule has 0 saturated carbocycles. The number of rotatable bonds is 2. The van der Waals surface area contributed by atoms with Gasteiger partial charge in [0.15, 0.2) is 5.82 Å². The van der Waals surface area contributed by atoms with Gasteiger partial charge in [-0.25, -0.2) is 0 Å². The molecular weight excluding hydrogens is 166 g/mol. The van der Waals surface area contributed by atoms with Crippen molar-refractivity contribution in [3.05, 3.63) is 18.7 Å². The predicted octanol–water partition coefficient (Wildman–Crippen LogP) is 0.698. The summed E-state index contributed by atoms with van der Waals surface area (Å²) in [7, 11) is 1.89. The third-order valence-electron chi connectivity index (χ3n) is 1.92. The van der Waals surface area contributed by atoms with Crippen molar-refractivity contribution in [3.8, 4) is 11.4 Å². The van der Waals surface area contributed by atoms with Crippen LogP contribution in [0, 0.1) is 0 Å². The fraction of sp³-hybridized carbons (Fsp3) is 0.375. The molecule has 5 heteroatoms. The molecule has 13 heavy (non-hydrogen) atoms. The average Bonchev–Trinajstić information content (AvgIpc) is 2.71. The van der Waals surface area contributed by atoms with Gasteiger partial charge in [-0.05, 0) is 6.92 Å². The van der Waals surface area contributed by atoms with E-state index < -0.39 is 0 Å². The number of nitrogens with zero attached hydrogens (tertiary/aromatic N) is 5. The minimum Gasteiger partial charge on any atom is -0.314 e. The Labute approximate surface area is 76.0 Å². The Morgan fingerprint density at radius 1 is 1.46 bits per heavy atom. The van der Waals surface area contributed by atoms with E-state index in [0.717, 1.165) is 17.9 Å². The van der Waals surface area contributed by atoms with Gasteiger partial charge < -0.3 is 4.57 Å². The molecule has 0 radical (unpaired) electrons. The van der Waals surface area contributed by atoms with Crippen molar-refractivity contribution in [1.29, 1.82) is 0 Å². The first-order chi connectivity index (χ1) is 6.31. The summed E-state index contributed by atoms with van der Waals surface area (Å²) in [5, 5.41) is 12.0. The number of hydrogen-bond acceptors (Lipinski definition) is 3. The van der Waals surface area contributed by atoms with Crippen LogP contribution in [0.1, 0.15) is 6.92 Å². The van der Waals surface area contributed by atoms with Crippen molar-refractivity contribution < 1.29 is 0 Å². The maximum absolute atomic E-state index is 4.08. The van der Waals surface area contributed by atoms with Crippen molar-refractivity contribution in [1.82, 2.24) is 24.5 Å². The van der Waals surface area contributed by atoms with Gasteiger partial charge in [-0.2, -0.15) is 5.10 Å². The SMILES string of the molecule is CCn1cnnc1-c1cnn(C)c1. The summed E-state index contributed by atoms with van der Waals surface area (Å²) in [5.41, 5.74) is 1.00. The highest BCUT2D eigenvalue weighted by Crippen LogP contribution is 2.14. The molecule has 5 nitrogen and oxygen atoms in total. The second kappa shape index (κ2) is 3.01. The highest BCUT2D eigenvalue weighted by atomic mass is 15.3. The summed E-state index contributed by atoms with van der Waals surface area (Å²) >= 11 is 0. The van der Waals surface area contributed by atoms with E-state index in [4.69, 9.17) is 0 Å². The van der Waals surface area contributed by atoms with Gasteiger partial charge in [-0.3, -0.25) is 4.68 Å². The molecule has 0 aliphatic rings. The average molecular weight is 177 g/mol. The van der Waals surface area contributed by atoms with Crippen LogP contribution in [0.3, 0.4) is 0 Å². The van der Waals surface area contributed by atoms with E-state index in [-0.39, 0.29) is 0 Å². The van der Waals surface area contributed by atoms with Crippen LogP contribution in [0.25, 0.3) is 11.4 Å². The highest BCUT2D eigenvalue weighted by Gasteiger charge is 2.06. The van der Waals surface area contributed by atoms with Crippen LogP contribution < -0.4 is 0 Å². The maximum Gasteiger partial charge on any atom is 0.166 e. The van der Waals surface area contributed by atoms with Crippen LogP contribution in [-0.4, -0.2) is 24.5 Å². The van der Waals surface area contributed by atoms with Crippen LogP contribution >= 0.6 is 0 Å². The van der Waals surface area contributed by atoms with Gasteiger partial charge in [0, 0.05) is 19.8 Å². The van der Waals surface area contributed by atoms with E-state index in [1.807, 2.05) is 17.8 Å². The molecule has 2 heterocycles. The Balaban J connectivity index is 2.45. The number of hydrogen-bond donors (Lipinski definition) is 0. The first-order valence-electron chi connectivity index (χ1n) is 4.18. The van der Waals surface area contributed by atoms with Gasteiger partial charge in [0.2, 0.25) is 0 Å². The normalized spacial score (nSPS) is 10.6. The van der Waals surface area contributed by atoms with Gasteiger partial charge in [0.05, 0.1) is 11.8 Å².